The van der Waals surface area contributed by atoms with Crippen LogP contribution in [0.1, 0.15) is 45.5 Å². The largest absolute Gasteiger partial charge is 0.456 e. The van der Waals surface area contributed by atoms with Crippen LogP contribution in [0, 0.1) is 0 Å². The molecular formula is C147H94O3. The molecule has 3 heteroatoms. The zero-order chi connectivity index (χ0) is 112. The van der Waals surface area contributed by atoms with Gasteiger partial charge in [-0.2, -0.15) is 0 Å². The van der Waals surface area contributed by atoms with Crippen LogP contribution in [0.25, 0.3) is 296 Å². The standard InChI is InChI=1S/C57H38O.C48H30O.C42H26O/c1-57(2)49-26-14-12-20-40(49)48-34-36(28-32-50(48)57)54-45(31-33-52-56(54)47-25-13-15-27-51(47)58-52)39-29-30-46(38-19-7-6-18-37(38)39)55-43-23-10-8-21-41(43)53(35-16-4-3-5-17-35)42-22-9-11-24-44(42)55;1-3-15-31(16-4-1)45-36-21-9-11-23-38(36)47(39-24-12-10-22-37(39)45)41-28-27-35(33-19-7-8-20-34(33)41)40-29-30-44-48(42-25-13-14-26-43(42)49-44)46(40)32-17-5-2-6-18-32;1-2-12-27(13-3-1)41-33-17-6-8-19-35(33)42(36-20-9-7-18-34(36)41)37-24-23-29(30-14-4-5-15-31(30)37)28-22-25-40-38(26-28)32-16-10-11-21-39(32)43-40/h3-34H,1-2H3;1-30H;1-26H/i3D,4D,5D,16D,17D;1D,3D,4D,15D,16D;1D,2D,3D,12D,13D. The fourth-order valence-corrected chi connectivity index (χ4v) is 24.5. The Morgan fingerprint density at radius 3 is 0.813 bits per heavy atom. The van der Waals surface area contributed by atoms with Crippen LogP contribution in [-0.2, 0) is 5.41 Å². The molecule has 0 unspecified atom stereocenters. The van der Waals surface area contributed by atoms with Crippen molar-refractivity contribution in [2.45, 2.75) is 19.3 Å². The molecule has 31 rings (SSSR count). The van der Waals surface area contributed by atoms with Gasteiger partial charge in [-0.3, -0.25) is 0 Å². The Kier molecular flexibility index (Phi) is 17.3. The molecule has 27 aromatic carbocycles. The quantitative estimate of drug-likeness (QED) is 0.121. The second kappa shape index (κ2) is 35.6. The third-order valence-corrected chi connectivity index (χ3v) is 30.9. The van der Waals surface area contributed by atoms with E-state index < -0.39 is 18.1 Å². The van der Waals surface area contributed by atoms with Crippen molar-refractivity contribution in [1.82, 2.24) is 0 Å². The Balaban J connectivity index is 0.000000114. The van der Waals surface area contributed by atoms with Gasteiger partial charge in [0.1, 0.15) is 33.5 Å². The number of fused-ring (bicyclic) bond motifs is 21. The number of hydrogen-bond acceptors (Lipinski definition) is 3. The van der Waals surface area contributed by atoms with Crippen molar-refractivity contribution in [3.05, 3.63) is 545 Å². The van der Waals surface area contributed by atoms with Crippen LogP contribution in [-0.4, -0.2) is 0 Å². The van der Waals surface area contributed by atoms with Gasteiger partial charge in [-0.1, -0.05) is 487 Å². The first kappa shape index (κ1) is 72.9. The summed E-state index contributed by atoms with van der Waals surface area (Å²) in [6.45, 7) is 4.63. The molecule has 0 aliphatic heterocycles. The highest BCUT2D eigenvalue weighted by Gasteiger charge is 2.37. The van der Waals surface area contributed by atoms with Gasteiger partial charge in [0.2, 0.25) is 0 Å². The highest BCUT2D eigenvalue weighted by Crippen LogP contribution is 2.57. The first-order chi connectivity index (χ1) is 80.5. The lowest BCUT2D eigenvalue weighted by Crippen LogP contribution is -2.14. The summed E-state index contributed by atoms with van der Waals surface area (Å²) < 4.78 is 148. The Hall–Kier alpha value is -19.3. The van der Waals surface area contributed by atoms with Gasteiger partial charge in [-0.05, 0) is 291 Å². The maximum Gasteiger partial charge on any atom is 0.136 e. The lowest BCUT2D eigenvalue weighted by Gasteiger charge is -2.22. The van der Waals surface area contributed by atoms with Crippen molar-refractivity contribution < 1.29 is 33.8 Å². The first-order valence-electron chi connectivity index (χ1n) is 58.2. The van der Waals surface area contributed by atoms with Crippen LogP contribution in [0.15, 0.2) is 547 Å². The fraction of sp³-hybridized carbons (Fsp3) is 0.0204. The van der Waals surface area contributed by atoms with E-state index in [9.17, 15) is 0 Å². The van der Waals surface area contributed by atoms with Gasteiger partial charge < -0.3 is 13.3 Å². The van der Waals surface area contributed by atoms with E-state index in [0.717, 1.165) is 252 Å². The Bertz CT molecular complexity index is 11600. The van der Waals surface area contributed by atoms with Gasteiger partial charge in [0.05, 0.1) is 20.6 Å². The van der Waals surface area contributed by atoms with E-state index in [1.54, 1.807) is 0 Å². The molecule has 0 N–H and O–H groups in total. The molecule has 150 heavy (non-hydrogen) atoms. The van der Waals surface area contributed by atoms with E-state index in [0.29, 0.717) is 16.7 Å². The van der Waals surface area contributed by atoms with Crippen molar-refractivity contribution in [2.24, 2.45) is 0 Å². The van der Waals surface area contributed by atoms with E-state index in [-0.39, 0.29) is 94.6 Å². The minimum Gasteiger partial charge on any atom is -0.456 e. The minimum absolute atomic E-state index is 0.116. The second-order valence-electron chi connectivity index (χ2n) is 39.2. The van der Waals surface area contributed by atoms with Crippen LogP contribution < -0.4 is 0 Å². The molecule has 0 atom stereocenters. The summed E-state index contributed by atoms with van der Waals surface area (Å²) in [5, 5.41) is 23.6. The number of rotatable bonds is 11. The molecule has 0 bridgehead atoms. The molecule has 1 aliphatic rings. The average molecular weight is 1920 g/mol. The summed E-state index contributed by atoms with van der Waals surface area (Å²) in [5.41, 5.74) is 30.1. The predicted octanol–water partition coefficient (Wildman–Crippen LogP) is 41.8. The smallest absolute Gasteiger partial charge is 0.136 e. The maximum atomic E-state index is 9.03. The van der Waals surface area contributed by atoms with E-state index in [1.165, 1.54) is 22.3 Å². The van der Waals surface area contributed by atoms with Crippen molar-refractivity contribution in [3.63, 3.8) is 0 Å². The van der Waals surface area contributed by atoms with Gasteiger partial charge in [0.15, 0.2) is 0 Å². The maximum absolute atomic E-state index is 9.03. The number of furan rings is 3. The highest BCUT2D eigenvalue weighted by atomic mass is 16.3. The third kappa shape index (κ3) is 14.0. The summed E-state index contributed by atoms with van der Waals surface area (Å²) >= 11 is 0. The molecular weight excluding hydrogens is 1810 g/mol. The van der Waals surface area contributed by atoms with Gasteiger partial charge in [0.25, 0.3) is 0 Å². The molecule has 1 aliphatic carbocycles. The SMILES string of the molecule is [2H]c1c([2H])c([2H])c(-c2c3ccccc3c(-c3ccc(-c4ccc5oc6ccccc6c5c4)c4ccccc34)c3ccccc23)c([2H])c1[2H].[2H]c1c([2H])c([2H])c(-c2c3ccccc3c(-c3ccc(-c4ccc5oc6ccccc6c5c4-c4ccc5c(c4)-c4ccccc4C5(C)C)c4ccccc34)c3ccccc23)c([2H])c1[2H].[2H]c1c([2H])c([2H])c(-c2c3ccccc3c(-c3ccc(-c4ccc5oc6ccccc6c5c4-c4ccccc4)c4ccccc34)c3ccccc23)c([2H])c1[2H]. The molecule has 0 radical (unpaired) electrons. The molecule has 0 saturated carbocycles. The summed E-state index contributed by atoms with van der Waals surface area (Å²) in [7, 11) is 0. The summed E-state index contributed by atoms with van der Waals surface area (Å²) in [6.07, 6.45) is 0. The molecule has 3 aromatic heterocycles. The molecule has 0 amide bonds. The van der Waals surface area contributed by atoms with E-state index >= 15 is 0 Å². The van der Waals surface area contributed by atoms with Gasteiger partial charge >= 0.3 is 0 Å². The molecule has 3 nitrogen and oxygen atoms in total. The fourth-order valence-electron chi connectivity index (χ4n) is 24.5. The topological polar surface area (TPSA) is 39.4 Å². The molecule has 30 aromatic rings. The minimum atomic E-state index is -0.403. The zero-order valence-electron chi connectivity index (χ0n) is 96.4. The number of benzene rings is 27. The Labute approximate surface area is 888 Å². The lowest BCUT2D eigenvalue weighted by molar-refractivity contribution is 0.660. The van der Waals surface area contributed by atoms with E-state index in [1.807, 2.05) is 164 Å². The van der Waals surface area contributed by atoms with E-state index in [4.69, 9.17) is 33.8 Å². The molecule has 0 spiro atoms. The van der Waals surface area contributed by atoms with Gasteiger partial charge in [-0.25, -0.2) is 0 Å². The van der Waals surface area contributed by atoms with Crippen LogP contribution in [0.4, 0.5) is 0 Å². The van der Waals surface area contributed by atoms with Gasteiger partial charge in [-0.15, -0.1) is 0 Å². The Morgan fingerprint density at radius 2 is 0.413 bits per heavy atom. The van der Waals surface area contributed by atoms with Crippen molar-refractivity contribution in [3.8, 4) is 134 Å². The van der Waals surface area contributed by atoms with Crippen molar-refractivity contribution >= 4 is 163 Å². The molecule has 0 fully saturated rings. The van der Waals surface area contributed by atoms with Crippen LogP contribution in [0.2, 0.25) is 0 Å². The normalized spacial score (nSPS) is 13.7. The van der Waals surface area contributed by atoms with Crippen LogP contribution in [0.3, 0.4) is 0 Å². The lowest BCUT2D eigenvalue weighted by atomic mass is 9.81. The third-order valence-electron chi connectivity index (χ3n) is 30.9. The zero-order valence-corrected chi connectivity index (χ0v) is 81.4. The second-order valence-corrected chi connectivity index (χ2v) is 39.2. The first-order valence-corrected chi connectivity index (χ1v) is 50.7. The molecule has 3 heterocycles. The summed E-state index contributed by atoms with van der Waals surface area (Å²) in [5.74, 6) is 0. The predicted molar refractivity (Wildman–Crippen MR) is 636 cm³/mol. The monoisotopic (exact) mass is 1920 g/mol. The van der Waals surface area contributed by atoms with Crippen molar-refractivity contribution in [1.29, 1.82) is 0 Å². The summed E-state index contributed by atoms with van der Waals surface area (Å²) in [6, 6.07) is 148. The highest BCUT2D eigenvalue weighted by molar-refractivity contribution is 6.30. The molecule has 700 valence electrons. The van der Waals surface area contributed by atoms with Crippen LogP contribution in [0.5, 0.6) is 0 Å². The van der Waals surface area contributed by atoms with Crippen LogP contribution >= 0.6 is 0 Å². The van der Waals surface area contributed by atoms with E-state index in [2.05, 4.69) is 293 Å². The van der Waals surface area contributed by atoms with Crippen molar-refractivity contribution in [2.75, 3.05) is 0 Å². The summed E-state index contributed by atoms with van der Waals surface area (Å²) in [4.78, 5) is 0. The van der Waals surface area contributed by atoms with Gasteiger partial charge in [0, 0.05) is 48.9 Å². The Morgan fingerprint density at radius 1 is 0.147 bits per heavy atom. The number of para-hydroxylation sites is 3. The average Bonchev–Trinajstić information content (AvgIpc) is 1.42. The molecule has 0 saturated heterocycles. The number of hydrogen-bond donors (Lipinski definition) is 0.